The van der Waals surface area contributed by atoms with Crippen molar-refractivity contribution in [1.29, 1.82) is 0 Å². The maximum atomic E-state index is 10.6. The Bertz CT molecular complexity index is 517. The summed E-state index contributed by atoms with van der Waals surface area (Å²) in [6.07, 6.45) is 2.25. The van der Waals surface area contributed by atoms with E-state index in [1.807, 2.05) is 48.9 Å². The predicted octanol–water partition coefficient (Wildman–Crippen LogP) is 3.01. The van der Waals surface area contributed by atoms with E-state index in [1.165, 1.54) is 0 Å². The molecule has 0 spiro atoms. The first kappa shape index (κ1) is 13.1. The zero-order valence-corrected chi connectivity index (χ0v) is 11.4. The van der Waals surface area contributed by atoms with Gasteiger partial charge in [-0.3, -0.25) is 4.68 Å². The van der Waals surface area contributed by atoms with E-state index < -0.39 is 5.60 Å². The second kappa shape index (κ2) is 5.12. The van der Waals surface area contributed by atoms with Crippen LogP contribution in [0.5, 0.6) is 0 Å². The average Bonchev–Trinajstić information content (AvgIpc) is 2.81. The molecule has 1 aromatic heterocycles. The first-order chi connectivity index (χ1) is 8.53. The third-order valence-corrected chi connectivity index (χ3v) is 3.28. The number of rotatable bonds is 4. The van der Waals surface area contributed by atoms with Crippen LogP contribution in [0.3, 0.4) is 0 Å². The first-order valence-corrected chi connectivity index (χ1v) is 6.40. The number of benzene rings is 1. The second-order valence-electron chi connectivity index (χ2n) is 4.61. The van der Waals surface area contributed by atoms with E-state index in [-0.39, 0.29) is 0 Å². The Hall–Kier alpha value is -1.32. The van der Waals surface area contributed by atoms with Crippen LogP contribution in [0.4, 0.5) is 0 Å². The highest BCUT2D eigenvalue weighted by Gasteiger charge is 2.27. The van der Waals surface area contributed by atoms with Crippen molar-refractivity contribution in [1.82, 2.24) is 9.78 Å². The molecule has 0 saturated heterocycles. The summed E-state index contributed by atoms with van der Waals surface area (Å²) in [4.78, 5) is 0. The van der Waals surface area contributed by atoms with Crippen LogP contribution in [0.2, 0.25) is 5.02 Å². The van der Waals surface area contributed by atoms with Crippen molar-refractivity contribution in [3.05, 3.63) is 52.8 Å². The lowest BCUT2D eigenvalue weighted by atomic mass is 9.93. The summed E-state index contributed by atoms with van der Waals surface area (Å²) in [6, 6.07) is 9.40. The third kappa shape index (κ3) is 2.74. The van der Waals surface area contributed by atoms with Crippen LogP contribution < -0.4 is 0 Å². The fourth-order valence-corrected chi connectivity index (χ4v) is 2.26. The van der Waals surface area contributed by atoms with E-state index in [2.05, 4.69) is 5.10 Å². The number of aromatic nitrogens is 2. The monoisotopic (exact) mass is 264 g/mol. The maximum Gasteiger partial charge on any atom is 0.107 e. The van der Waals surface area contributed by atoms with Gasteiger partial charge in [-0.2, -0.15) is 5.10 Å². The smallest absolute Gasteiger partial charge is 0.107 e. The zero-order valence-electron chi connectivity index (χ0n) is 10.6. The number of halogens is 1. The summed E-state index contributed by atoms with van der Waals surface area (Å²) in [5, 5.41) is 15.5. The van der Waals surface area contributed by atoms with Crippen molar-refractivity contribution in [2.75, 3.05) is 0 Å². The molecule has 2 aromatic rings. The summed E-state index contributed by atoms with van der Waals surface area (Å²) in [6.45, 7) is 4.57. The molecule has 1 heterocycles. The number of hydrogen-bond acceptors (Lipinski definition) is 2. The van der Waals surface area contributed by atoms with E-state index in [1.54, 1.807) is 6.20 Å². The Morgan fingerprint density at radius 3 is 2.56 bits per heavy atom. The molecule has 0 saturated carbocycles. The largest absolute Gasteiger partial charge is 0.384 e. The minimum atomic E-state index is -0.930. The molecule has 18 heavy (non-hydrogen) atoms. The molecule has 96 valence electrons. The van der Waals surface area contributed by atoms with E-state index >= 15 is 0 Å². The number of nitrogens with zero attached hydrogens (tertiary/aromatic N) is 2. The van der Waals surface area contributed by atoms with Crippen molar-refractivity contribution in [3.63, 3.8) is 0 Å². The normalized spacial score (nSPS) is 14.4. The second-order valence-corrected chi connectivity index (χ2v) is 5.05. The Morgan fingerprint density at radius 2 is 1.94 bits per heavy atom. The van der Waals surface area contributed by atoms with Gasteiger partial charge in [0.15, 0.2) is 0 Å². The highest BCUT2D eigenvalue weighted by atomic mass is 35.5. The van der Waals surface area contributed by atoms with Gasteiger partial charge in [0.1, 0.15) is 5.60 Å². The Kier molecular flexibility index (Phi) is 3.73. The Balaban J connectivity index is 2.23. The zero-order chi connectivity index (χ0) is 13.2. The van der Waals surface area contributed by atoms with Crippen molar-refractivity contribution < 1.29 is 5.11 Å². The summed E-state index contributed by atoms with van der Waals surface area (Å²) in [7, 11) is 0. The number of aliphatic hydroxyl groups is 1. The van der Waals surface area contributed by atoms with Gasteiger partial charge >= 0.3 is 0 Å². The van der Waals surface area contributed by atoms with Crippen LogP contribution in [0.15, 0.2) is 36.5 Å². The van der Waals surface area contributed by atoms with Crippen LogP contribution in [0.25, 0.3) is 0 Å². The van der Waals surface area contributed by atoms with Gasteiger partial charge in [-0.05, 0) is 37.6 Å². The SMILES string of the molecule is CCn1nccc1C(C)(O)Cc1ccc(Cl)cc1. The highest BCUT2D eigenvalue weighted by molar-refractivity contribution is 6.30. The third-order valence-electron chi connectivity index (χ3n) is 3.03. The van der Waals surface area contributed by atoms with Gasteiger partial charge in [0.25, 0.3) is 0 Å². The van der Waals surface area contributed by atoms with E-state index in [0.717, 1.165) is 17.8 Å². The Morgan fingerprint density at radius 1 is 1.28 bits per heavy atom. The fraction of sp³-hybridized carbons (Fsp3) is 0.357. The molecule has 1 atom stereocenters. The molecular weight excluding hydrogens is 248 g/mol. The van der Waals surface area contributed by atoms with E-state index in [4.69, 9.17) is 11.6 Å². The van der Waals surface area contributed by atoms with Gasteiger partial charge in [-0.1, -0.05) is 23.7 Å². The minimum absolute atomic E-state index is 0.538. The maximum absolute atomic E-state index is 10.6. The molecule has 0 aliphatic heterocycles. The van der Waals surface area contributed by atoms with Gasteiger partial charge in [0, 0.05) is 24.2 Å². The molecule has 1 unspecified atom stereocenters. The highest BCUT2D eigenvalue weighted by Crippen LogP contribution is 2.25. The van der Waals surface area contributed by atoms with Crippen molar-refractivity contribution in [2.45, 2.75) is 32.4 Å². The van der Waals surface area contributed by atoms with Crippen LogP contribution in [0, 0.1) is 0 Å². The lowest BCUT2D eigenvalue weighted by Crippen LogP contribution is -2.28. The van der Waals surface area contributed by atoms with Crippen molar-refractivity contribution in [3.8, 4) is 0 Å². The molecular formula is C14H17ClN2O. The predicted molar refractivity (Wildman–Crippen MR) is 72.6 cm³/mol. The lowest BCUT2D eigenvalue weighted by Gasteiger charge is -2.24. The number of hydrogen-bond donors (Lipinski definition) is 1. The summed E-state index contributed by atoms with van der Waals surface area (Å²) < 4.78 is 1.82. The topological polar surface area (TPSA) is 38.0 Å². The Labute approximate surface area is 112 Å². The molecule has 0 fully saturated rings. The molecule has 0 bridgehead atoms. The van der Waals surface area contributed by atoms with Gasteiger partial charge in [0.05, 0.1) is 5.69 Å². The molecule has 0 aliphatic carbocycles. The summed E-state index contributed by atoms with van der Waals surface area (Å²) >= 11 is 5.85. The van der Waals surface area contributed by atoms with Gasteiger partial charge < -0.3 is 5.11 Å². The lowest BCUT2D eigenvalue weighted by molar-refractivity contribution is 0.0480. The van der Waals surface area contributed by atoms with Gasteiger partial charge in [0.2, 0.25) is 0 Å². The van der Waals surface area contributed by atoms with Crippen molar-refractivity contribution >= 4 is 11.6 Å². The number of aryl methyl sites for hydroxylation is 1. The molecule has 3 nitrogen and oxygen atoms in total. The summed E-state index contributed by atoms with van der Waals surface area (Å²) in [5.41, 5.74) is 0.952. The average molecular weight is 265 g/mol. The standard InChI is InChI=1S/C14H17ClN2O/c1-3-17-13(8-9-16-17)14(2,18)10-11-4-6-12(15)7-5-11/h4-9,18H,3,10H2,1-2H3. The van der Waals surface area contributed by atoms with Crippen molar-refractivity contribution in [2.24, 2.45) is 0 Å². The molecule has 4 heteroatoms. The molecule has 0 amide bonds. The van der Waals surface area contributed by atoms with Crippen LogP contribution in [-0.2, 0) is 18.6 Å². The van der Waals surface area contributed by atoms with Crippen LogP contribution in [-0.4, -0.2) is 14.9 Å². The quantitative estimate of drug-likeness (QED) is 0.922. The van der Waals surface area contributed by atoms with Gasteiger partial charge in [-0.15, -0.1) is 0 Å². The molecule has 0 radical (unpaired) electrons. The molecule has 2 rings (SSSR count). The molecule has 1 N–H and O–H groups in total. The summed E-state index contributed by atoms with van der Waals surface area (Å²) in [5.74, 6) is 0. The van der Waals surface area contributed by atoms with Gasteiger partial charge in [-0.25, -0.2) is 0 Å². The van der Waals surface area contributed by atoms with E-state index in [9.17, 15) is 5.11 Å². The van der Waals surface area contributed by atoms with Crippen LogP contribution in [0.1, 0.15) is 25.1 Å². The van der Waals surface area contributed by atoms with E-state index in [0.29, 0.717) is 11.4 Å². The van der Waals surface area contributed by atoms with Crippen LogP contribution >= 0.6 is 11.6 Å². The molecule has 1 aromatic carbocycles. The first-order valence-electron chi connectivity index (χ1n) is 6.02. The molecule has 0 aliphatic rings. The fourth-order valence-electron chi connectivity index (χ4n) is 2.13. The minimum Gasteiger partial charge on any atom is -0.384 e.